The maximum atomic E-state index is 9.43. The summed E-state index contributed by atoms with van der Waals surface area (Å²) in [6, 6.07) is 11.6. The molecular formula is C19H22BrN2O3+. The molecule has 5 nitrogen and oxygen atoms in total. The Bertz CT molecular complexity index is 743. The summed E-state index contributed by atoms with van der Waals surface area (Å²) in [7, 11) is 0. The standard InChI is InChI=1S/C19H21BrN2O3/c20-17-12-19-18(24-9-10-25-19)11-14(17)13-21-5-7-22(8-6-21)15-1-3-16(23)4-2-15/h1-4,11-12,23H,5-10,13H2/p+1. The van der Waals surface area contributed by atoms with E-state index in [-0.39, 0.29) is 0 Å². The van der Waals surface area contributed by atoms with Crippen LogP contribution in [0.4, 0.5) is 5.69 Å². The highest BCUT2D eigenvalue weighted by molar-refractivity contribution is 9.10. The van der Waals surface area contributed by atoms with Crippen molar-refractivity contribution >= 4 is 21.6 Å². The van der Waals surface area contributed by atoms with Gasteiger partial charge in [0.1, 0.15) is 25.5 Å². The van der Waals surface area contributed by atoms with Crippen LogP contribution in [0.15, 0.2) is 40.9 Å². The monoisotopic (exact) mass is 405 g/mol. The van der Waals surface area contributed by atoms with Crippen LogP contribution in [0.2, 0.25) is 0 Å². The van der Waals surface area contributed by atoms with E-state index in [1.807, 2.05) is 18.2 Å². The van der Waals surface area contributed by atoms with Crippen LogP contribution >= 0.6 is 15.9 Å². The number of hydrogen-bond acceptors (Lipinski definition) is 4. The van der Waals surface area contributed by atoms with Gasteiger partial charge in [0.2, 0.25) is 0 Å². The van der Waals surface area contributed by atoms with Crippen LogP contribution in [-0.4, -0.2) is 44.5 Å². The summed E-state index contributed by atoms with van der Waals surface area (Å²) in [6.45, 7) is 6.41. The third-order valence-electron chi connectivity index (χ3n) is 4.84. The molecule has 0 aliphatic carbocycles. The number of fused-ring (bicyclic) bond motifs is 1. The maximum absolute atomic E-state index is 9.43. The van der Waals surface area contributed by atoms with Gasteiger partial charge in [0.05, 0.1) is 26.2 Å². The zero-order valence-electron chi connectivity index (χ0n) is 14.0. The highest BCUT2D eigenvalue weighted by Crippen LogP contribution is 2.35. The molecule has 0 bridgehead atoms. The van der Waals surface area contributed by atoms with Gasteiger partial charge in [-0.3, -0.25) is 0 Å². The van der Waals surface area contributed by atoms with E-state index in [9.17, 15) is 5.11 Å². The van der Waals surface area contributed by atoms with Crippen LogP contribution < -0.4 is 19.3 Å². The first-order valence-electron chi connectivity index (χ1n) is 8.64. The van der Waals surface area contributed by atoms with Crippen molar-refractivity contribution in [1.29, 1.82) is 0 Å². The normalized spacial score (nSPS) is 17.6. The van der Waals surface area contributed by atoms with Crippen molar-refractivity contribution in [3.63, 3.8) is 0 Å². The summed E-state index contributed by atoms with van der Waals surface area (Å²) in [5.74, 6) is 2.00. The number of hydrogen-bond donors (Lipinski definition) is 2. The maximum Gasteiger partial charge on any atom is 0.162 e. The molecule has 6 heteroatoms. The number of halogens is 1. The smallest absolute Gasteiger partial charge is 0.162 e. The van der Waals surface area contributed by atoms with Gasteiger partial charge in [0.25, 0.3) is 0 Å². The van der Waals surface area contributed by atoms with E-state index in [2.05, 4.69) is 26.9 Å². The minimum atomic E-state index is 0.316. The van der Waals surface area contributed by atoms with Crippen LogP contribution in [0.1, 0.15) is 5.56 Å². The van der Waals surface area contributed by atoms with Gasteiger partial charge < -0.3 is 24.4 Å². The molecule has 2 aromatic carbocycles. The molecule has 0 unspecified atom stereocenters. The number of piperazine rings is 1. The summed E-state index contributed by atoms with van der Waals surface area (Å²) < 4.78 is 12.4. The van der Waals surface area contributed by atoms with Gasteiger partial charge in [-0.15, -0.1) is 0 Å². The molecule has 0 atom stereocenters. The molecule has 0 spiro atoms. The predicted molar refractivity (Wildman–Crippen MR) is 99.9 cm³/mol. The largest absolute Gasteiger partial charge is 0.508 e. The van der Waals surface area contributed by atoms with Gasteiger partial charge in [-0.1, -0.05) is 15.9 Å². The predicted octanol–water partition coefficient (Wildman–Crippen LogP) is 1.83. The fourth-order valence-electron chi connectivity index (χ4n) is 3.43. The summed E-state index contributed by atoms with van der Waals surface area (Å²) in [5.41, 5.74) is 2.44. The first kappa shape index (κ1) is 16.5. The molecule has 2 heterocycles. The molecule has 132 valence electrons. The molecule has 1 fully saturated rings. The number of nitrogens with one attached hydrogen (secondary N) is 1. The third-order valence-corrected chi connectivity index (χ3v) is 5.58. The fraction of sp³-hybridized carbons (Fsp3) is 0.368. The summed E-state index contributed by atoms with van der Waals surface area (Å²) >= 11 is 3.67. The Morgan fingerprint density at radius 3 is 2.32 bits per heavy atom. The number of phenols is 1. The molecular weight excluding hydrogens is 384 g/mol. The van der Waals surface area contributed by atoms with Crippen LogP contribution in [0.25, 0.3) is 0 Å². The van der Waals surface area contributed by atoms with E-state index in [1.54, 1.807) is 17.0 Å². The minimum absolute atomic E-state index is 0.316. The molecule has 2 aliphatic heterocycles. The summed E-state index contributed by atoms with van der Waals surface area (Å²) in [5, 5.41) is 9.43. The summed E-state index contributed by atoms with van der Waals surface area (Å²) in [6.07, 6.45) is 0. The Kier molecular flexibility index (Phi) is 4.72. The molecule has 2 N–H and O–H groups in total. The van der Waals surface area contributed by atoms with Crippen molar-refractivity contribution in [1.82, 2.24) is 0 Å². The van der Waals surface area contributed by atoms with E-state index < -0.39 is 0 Å². The Morgan fingerprint density at radius 2 is 1.64 bits per heavy atom. The lowest BCUT2D eigenvalue weighted by molar-refractivity contribution is -0.914. The number of ether oxygens (including phenoxy) is 2. The number of phenolic OH excluding ortho intramolecular Hbond substituents is 1. The zero-order valence-corrected chi connectivity index (χ0v) is 15.6. The van der Waals surface area contributed by atoms with Crippen LogP contribution in [0.3, 0.4) is 0 Å². The fourth-order valence-corrected chi connectivity index (χ4v) is 3.89. The number of quaternary nitrogens is 1. The molecule has 0 aromatic heterocycles. The third kappa shape index (κ3) is 3.70. The lowest BCUT2D eigenvalue weighted by Crippen LogP contribution is -3.13. The van der Waals surface area contributed by atoms with E-state index in [4.69, 9.17) is 9.47 Å². The van der Waals surface area contributed by atoms with Gasteiger partial charge >= 0.3 is 0 Å². The highest BCUT2D eigenvalue weighted by Gasteiger charge is 2.23. The Hall–Kier alpha value is -1.92. The van der Waals surface area contributed by atoms with E-state index in [0.717, 1.165) is 48.7 Å². The second-order valence-electron chi connectivity index (χ2n) is 6.52. The van der Waals surface area contributed by atoms with Gasteiger partial charge in [-0.2, -0.15) is 0 Å². The number of benzene rings is 2. The lowest BCUT2D eigenvalue weighted by atomic mass is 10.1. The molecule has 0 radical (unpaired) electrons. The van der Waals surface area contributed by atoms with Crippen molar-refractivity contribution in [2.45, 2.75) is 6.54 Å². The van der Waals surface area contributed by atoms with E-state index >= 15 is 0 Å². The van der Waals surface area contributed by atoms with Gasteiger partial charge in [-0.25, -0.2) is 0 Å². The number of aromatic hydroxyl groups is 1. The summed E-state index contributed by atoms with van der Waals surface area (Å²) in [4.78, 5) is 3.94. The van der Waals surface area contributed by atoms with Crippen molar-refractivity contribution in [2.24, 2.45) is 0 Å². The molecule has 2 aliphatic rings. The van der Waals surface area contributed by atoms with Crippen molar-refractivity contribution in [3.8, 4) is 17.2 Å². The Morgan fingerprint density at radius 1 is 1.00 bits per heavy atom. The Balaban J connectivity index is 1.39. The topological polar surface area (TPSA) is 46.4 Å². The van der Waals surface area contributed by atoms with Crippen molar-refractivity contribution in [2.75, 3.05) is 44.3 Å². The van der Waals surface area contributed by atoms with Gasteiger partial charge in [0, 0.05) is 15.7 Å². The average molecular weight is 406 g/mol. The first-order chi connectivity index (χ1) is 12.2. The van der Waals surface area contributed by atoms with Crippen LogP contribution in [-0.2, 0) is 6.54 Å². The highest BCUT2D eigenvalue weighted by atomic mass is 79.9. The second kappa shape index (κ2) is 7.14. The van der Waals surface area contributed by atoms with Crippen LogP contribution in [0.5, 0.6) is 17.2 Å². The quantitative estimate of drug-likeness (QED) is 0.817. The van der Waals surface area contributed by atoms with Gasteiger partial charge in [0.15, 0.2) is 11.5 Å². The van der Waals surface area contributed by atoms with E-state index in [0.29, 0.717) is 19.0 Å². The second-order valence-corrected chi connectivity index (χ2v) is 7.37. The van der Waals surface area contributed by atoms with Crippen LogP contribution in [0, 0.1) is 0 Å². The molecule has 0 saturated carbocycles. The van der Waals surface area contributed by atoms with E-state index in [1.165, 1.54) is 11.3 Å². The molecule has 0 amide bonds. The van der Waals surface area contributed by atoms with Crippen molar-refractivity contribution in [3.05, 3.63) is 46.4 Å². The number of anilines is 1. The number of nitrogens with zero attached hydrogens (tertiary/aromatic N) is 1. The average Bonchev–Trinajstić information content (AvgIpc) is 2.64. The van der Waals surface area contributed by atoms with Gasteiger partial charge in [-0.05, 0) is 36.4 Å². The Labute approximate surface area is 155 Å². The first-order valence-corrected chi connectivity index (χ1v) is 9.44. The lowest BCUT2D eigenvalue weighted by Gasteiger charge is -2.34. The molecule has 4 rings (SSSR count). The molecule has 1 saturated heterocycles. The van der Waals surface area contributed by atoms with Crippen molar-refractivity contribution < 1.29 is 19.5 Å². The number of rotatable bonds is 3. The molecule has 25 heavy (non-hydrogen) atoms. The molecule has 2 aromatic rings. The SMILES string of the molecule is Oc1ccc(N2CC[NH+](Cc3cc4c(cc3Br)OCCO4)CC2)cc1. The minimum Gasteiger partial charge on any atom is -0.508 e. The zero-order chi connectivity index (χ0) is 17.2.